The largest absolute Gasteiger partial charge is 0.397 e. The Kier molecular flexibility index (Phi) is 3.41. The highest BCUT2D eigenvalue weighted by Gasteiger charge is 2.00. The summed E-state index contributed by atoms with van der Waals surface area (Å²) in [5.74, 6) is -0.271. The van der Waals surface area contributed by atoms with Gasteiger partial charge in [0.1, 0.15) is 5.82 Å². The quantitative estimate of drug-likeness (QED) is 0.800. The molecule has 0 aliphatic heterocycles. The molecule has 0 aliphatic carbocycles. The van der Waals surface area contributed by atoms with E-state index in [1.165, 1.54) is 17.0 Å². The molecule has 2 aromatic rings. The van der Waals surface area contributed by atoms with E-state index in [9.17, 15) is 4.39 Å². The number of nitrogens with two attached hydrogens (primary N) is 1. The SMILES string of the molecule is Nc1ccc(F)cc1NCCc1cccs1. The average Bonchev–Trinajstić information content (AvgIpc) is 2.76. The van der Waals surface area contributed by atoms with Gasteiger partial charge in [-0.3, -0.25) is 0 Å². The highest BCUT2D eigenvalue weighted by atomic mass is 32.1. The number of anilines is 2. The Balaban J connectivity index is 1.92. The van der Waals surface area contributed by atoms with Crippen LogP contribution >= 0.6 is 11.3 Å². The lowest BCUT2D eigenvalue weighted by molar-refractivity contribution is 0.628. The Hall–Kier alpha value is -1.55. The van der Waals surface area contributed by atoms with Crippen molar-refractivity contribution in [2.45, 2.75) is 6.42 Å². The van der Waals surface area contributed by atoms with Crippen molar-refractivity contribution in [3.63, 3.8) is 0 Å². The van der Waals surface area contributed by atoms with E-state index in [1.54, 1.807) is 17.4 Å². The van der Waals surface area contributed by atoms with Crippen molar-refractivity contribution in [1.82, 2.24) is 0 Å². The first-order valence-electron chi connectivity index (χ1n) is 5.07. The van der Waals surface area contributed by atoms with Gasteiger partial charge in [0.25, 0.3) is 0 Å². The van der Waals surface area contributed by atoms with Gasteiger partial charge in [-0.25, -0.2) is 4.39 Å². The number of nitrogen functional groups attached to an aromatic ring is 1. The molecule has 2 nitrogen and oxygen atoms in total. The lowest BCUT2D eigenvalue weighted by atomic mass is 10.2. The third-order valence-corrected chi connectivity index (χ3v) is 3.22. The molecule has 0 atom stereocenters. The van der Waals surface area contributed by atoms with Crippen LogP contribution in [0.4, 0.5) is 15.8 Å². The molecule has 0 unspecified atom stereocenters. The van der Waals surface area contributed by atoms with E-state index in [0.717, 1.165) is 13.0 Å². The number of hydrogen-bond donors (Lipinski definition) is 2. The molecule has 3 N–H and O–H groups in total. The topological polar surface area (TPSA) is 38.0 Å². The zero-order chi connectivity index (χ0) is 11.4. The molecule has 2 rings (SSSR count). The highest BCUT2D eigenvalue weighted by molar-refractivity contribution is 7.09. The monoisotopic (exact) mass is 236 g/mol. The van der Waals surface area contributed by atoms with Crippen molar-refractivity contribution in [2.75, 3.05) is 17.6 Å². The van der Waals surface area contributed by atoms with Crippen molar-refractivity contribution in [3.8, 4) is 0 Å². The summed E-state index contributed by atoms with van der Waals surface area (Å²) < 4.78 is 13.0. The number of thiophene rings is 1. The van der Waals surface area contributed by atoms with Crippen LogP contribution in [-0.2, 0) is 6.42 Å². The van der Waals surface area contributed by atoms with Crippen molar-refractivity contribution < 1.29 is 4.39 Å². The fourth-order valence-electron chi connectivity index (χ4n) is 1.46. The van der Waals surface area contributed by atoms with Gasteiger partial charge in [0.2, 0.25) is 0 Å². The number of hydrogen-bond acceptors (Lipinski definition) is 3. The summed E-state index contributed by atoms with van der Waals surface area (Å²) >= 11 is 1.72. The third-order valence-electron chi connectivity index (χ3n) is 2.28. The molecule has 1 heterocycles. The molecule has 1 aromatic heterocycles. The fourth-order valence-corrected chi connectivity index (χ4v) is 2.17. The van der Waals surface area contributed by atoms with E-state index < -0.39 is 0 Å². The molecule has 0 amide bonds. The van der Waals surface area contributed by atoms with Gasteiger partial charge in [-0.05, 0) is 36.1 Å². The summed E-state index contributed by atoms with van der Waals surface area (Å²) in [6.45, 7) is 0.758. The molecular formula is C12H13FN2S. The van der Waals surface area contributed by atoms with E-state index in [1.807, 2.05) is 11.4 Å². The van der Waals surface area contributed by atoms with Crippen LogP contribution in [-0.4, -0.2) is 6.54 Å². The predicted molar refractivity (Wildman–Crippen MR) is 67.3 cm³/mol. The van der Waals surface area contributed by atoms with Crippen LogP contribution in [0.2, 0.25) is 0 Å². The summed E-state index contributed by atoms with van der Waals surface area (Å²) in [4.78, 5) is 1.31. The second kappa shape index (κ2) is 4.99. The molecule has 0 aliphatic rings. The number of halogens is 1. The van der Waals surface area contributed by atoms with Gasteiger partial charge in [0, 0.05) is 11.4 Å². The van der Waals surface area contributed by atoms with Gasteiger partial charge >= 0.3 is 0 Å². The maximum atomic E-state index is 13.0. The van der Waals surface area contributed by atoms with Crippen molar-refractivity contribution in [3.05, 3.63) is 46.4 Å². The van der Waals surface area contributed by atoms with E-state index in [2.05, 4.69) is 11.4 Å². The number of benzene rings is 1. The van der Waals surface area contributed by atoms with Gasteiger partial charge in [-0.1, -0.05) is 6.07 Å². The molecule has 1 aromatic carbocycles. The summed E-state index contributed by atoms with van der Waals surface area (Å²) in [5.41, 5.74) is 6.96. The van der Waals surface area contributed by atoms with E-state index in [0.29, 0.717) is 11.4 Å². The van der Waals surface area contributed by atoms with Gasteiger partial charge in [-0.2, -0.15) is 0 Å². The maximum absolute atomic E-state index is 13.0. The molecule has 0 saturated heterocycles. The molecule has 4 heteroatoms. The molecule has 84 valence electrons. The van der Waals surface area contributed by atoms with Gasteiger partial charge in [0.05, 0.1) is 11.4 Å². The lowest BCUT2D eigenvalue weighted by Gasteiger charge is -2.08. The van der Waals surface area contributed by atoms with Crippen molar-refractivity contribution in [2.24, 2.45) is 0 Å². The lowest BCUT2D eigenvalue weighted by Crippen LogP contribution is -2.06. The molecule has 0 saturated carbocycles. The van der Waals surface area contributed by atoms with Crippen LogP contribution in [0.3, 0.4) is 0 Å². The Morgan fingerprint density at radius 1 is 1.31 bits per heavy atom. The number of nitrogens with one attached hydrogen (secondary N) is 1. The molecule has 16 heavy (non-hydrogen) atoms. The van der Waals surface area contributed by atoms with Crippen molar-refractivity contribution in [1.29, 1.82) is 0 Å². The van der Waals surface area contributed by atoms with E-state index in [4.69, 9.17) is 5.73 Å². The molecule has 0 fully saturated rings. The average molecular weight is 236 g/mol. The second-order valence-corrected chi connectivity index (χ2v) is 4.52. The normalized spacial score (nSPS) is 10.3. The molecule has 0 radical (unpaired) electrons. The first-order valence-corrected chi connectivity index (χ1v) is 5.95. The smallest absolute Gasteiger partial charge is 0.125 e. The van der Waals surface area contributed by atoms with E-state index >= 15 is 0 Å². The zero-order valence-electron chi connectivity index (χ0n) is 8.74. The van der Waals surface area contributed by atoms with Crippen LogP contribution in [0.1, 0.15) is 4.88 Å². The Labute approximate surface area is 97.9 Å². The molecule has 0 spiro atoms. The first kappa shape index (κ1) is 11.0. The molecule has 0 bridgehead atoms. The Morgan fingerprint density at radius 2 is 2.19 bits per heavy atom. The minimum atomic E-state index is -0.271. The van der Waals surface area contributed by atoms with Crippen LogP contribution in [0.15, 0.2) is 35.7 Å². The molecular weight excluding hydrogens is 223 g/mol. The first-order chi connectivity index (χ1) is 7.75. The summed E-state index contributed by atoms with van der Waals surface area (Å²) in [6.07, 6.45) is 0.924. The predicted octanol–water partition coefficient (Wildman–Crippen LogP) is 3.12. The van der Waals surface area contributed by atoms with Crippen LogP contribution in [0.25, 0.3) is 0 Å². The summed E-state index contributed by atoms with van der Waals surface area (Å²) in [5, 5.41) is 5.18. The zero-order valence-corrected chi connectivity index (χ0v) is 9.56. The number of rotatable bonds is 4. The van der Waals surface area contributed by atoms with Gasteiger partial charge in [-0.15, -0.1) is 11.3 Å². The maximum Gasteiger partial charge on any atom is 0.125 e. The minimum Gasteiger partial charge on any atom is -0.397 e. The van der Waals surface area contributed by atoms with Crippen molar-refractivity contribution >= 4 is 22.7 Å². The van der Waals surface area contributed by atoms with Gasteiger partial charge in [0.15, 0.2) is 0 Å². The van der Waals surface area contributed by atoms with Crippen LogP contribution in [0, 0.1) is 5.82 Å². The highest BCUT2D eigenvalue weighted by Crippen LogP contribution is 2.19. The Bertz CT molecular complexity index is 454. The Morgan fingerprint density at radius 3 is 2.94 bits per heavy atom. The fraction of sp³-hybridized carbons (Fsp3) is 0.167. The van der Waals surface area contributed by atoms with E-state index in [-0.39, 0.29) is 5.82 Å². The summed E-state index contributed by atoms with van der Waals surface area (Å²) in [6, 6.07) is 8.46. The van der Waals surface area contributed by atoms with Crippen LogP contribution in [0.5, 0.6) is 0 Å². The van der Waals surface area contributed by atoms with Crippen LogP contribution < -0.4 is 11.1 Å². The third kappa shape index (κ3) is 2.73. The minimum absolute atomic E-state index is 0.271. The summed E-state index contributed by atoms with van der Waals surface area (Å²) in [7, 11) is 0. The van der Waals surface area contributed by atoms with Gasteiger partial charge < -0.3 is 11.1 Å². The standard InChI is InChI=1S/C12H13FN2S/c13-9-3-4-11(14)12(8-9)15-6-5-10-2-1-7-16-10/h1-4,7-8,15H,5-6,14H2. The second-order valence-electron chi connectivity index (χ2n) is 3.49.